The van der Waals surface area contributed by atoms with E-state index in [1.165, 1.54) is 16.7 Å². The molecule has 102 valence electrons. The van der Waals surface area contributed by atoms with Crippen LogP contribution in [0.3, 0.4) is 0 Å². The van der Waals surface area contributed by atoms with Gasteiger partial charge >= 0.3 is 5.97 Å². The standard InChI is InChI=1S/C13H15NO4S/c1-18-6-9-4-2-3-5-10(9)12(15)14-8-19-7-11(14)13(16)17/h2-5,11H,6-8H2,1H3,(H,16,17). The number of thioether (sulfide) groups is 1. The second-order valence-electron chi connectivity index (χ2n) is 4.22. The normalized spacial score (nSPS) is 18.6. The number of hydrogen-bond donors (Lipinski definition) is 1. The molecule has 0 radical (unpaired) electrons. The van der Waals surface area contributed by atoms with Gasteiger partial charge in [0.05, 0.1) is 12.5 Å². The number of amides is 1. The van der Waals surface area contributed by atoms with Crippen LogP contribution in [-0.4, -0.2) is 46.7 Å². The molecule has 0 bridgehead atoms. The number of benzene rings is 1. The van der Waals surface area contributed by atoms with Crippen molar-refractivity contribution in [2.45, 2.75) is 12.6 Å². The summed E-state index contributed by atoms with van der Waals surface area (Å²) in [6, 6.07) is 6.38. The number of aliphatic carboxylic acids is 1. The molecule has 1 saturated heterocycles. The average Bonchev–Trinajstić information content (AvgIpc) is 2.88. The number of carbonyl (C=O) groups excluding carboxylic acids is 1. The van der Waals surface area contributed by atoms with Crippen molar-refractivity contribution in [2.24, 2.45) is 0 Å². The van der Waals surface area contributed by atoms with Gasteiger partial charge in [0.1, 0.15) is 6.04 Å². The van der Waals surface area contributed by atoms with E-state index >= 15 is 0 Å². The van der Waals surface area contributed by atoms with E-state index in [2.05, 4.69) is 0 Å². The van der Waals surface area contributed by atoms with Crippen molar-refractivity contribution in [2.75, 3.05) is 18.7 Å². The van der Waals surface area contributed by atoms with Crippen molar-refractivity contribution in [1.29, 1.82) is 0 Å². The number of carbonyl (C=O) groups is 2. The Labute approximate surface area is 115 Å². The quantitative estimate of drug-likeness (QED) is 0.904. The third kappa shape index (κ3) is 2.90. The molecule has 1 heterocycles. The van der Waals surface area contributed by atoms with E-state index in [1.807, 2.05) is 12.1 Å². The first-order valence-electron chi connectivity index (χ1n) is 5.83. The number of methoxy groups -OCH3 is 1. The minimum absolute atomic E-state index is 0.245. The van der Waals surface area contributed by atoms with Crippen LogP contribution >= 0.6 is 11.8 Å². The SMILES string of the molecule is COCc1ccccc1C(=O)N1CSCC1C(=O)O. The lowest BCUT2D eigenvalue weighted by Gasteiger charge is -2.21. The summed E-state index contributed by atoms with van der Waals surface area (Å²) in [5.41, 5.74) is 1.29. The Kier molecular flexibility index (Phi) is 4.44. The predicted molar refractivity (Wildman–Crippen MR) is 72.1 cm³/mol. The van der Waals surface area contributed by atoms with Crippen molar-refractivity contribution in [3.8, 4) is 0 Å². The van der Waals surface area contributed by atoms with Crippen LogP contribution in [0.4, 0.5) is 0 Å². The van der Waals surface area contributed by atoms with Gasteiger partial charge in [-0.05, 0) is 11.6 Å². The van der Waals surface area contributed by atoms with E-state index in [1.54, 1.807) is 19.2 Å². The molecule has 5 nitrogen and oxygen atoms in total. The predicted octanol–water partition coefficient (Wildman–Crippen LogP) is 1.43. The maximum atomic E-state index is 12.5. The van der Waals surface area contributed by atoms with Gasteiger partial charge in [0.15, 0.2) is 0 Å². The summed E-state index contributed by atoms with van der Waals surface area (Å²) in [6.07, 6.45) is 0. The fourth-order valence-electron chi connectivity index (χ4n) is 2.01. The molecule has 6 heteroatoms. The van der Waals surface area contributed by atoms with Crippen LogP contribution in [0.2, 0.25) is 0 Å². The van der Waals surface area contributed by atoms with Gasteiger partial charge < -0.3 is 14.7 Å². The van der Waals surface area contributed by atoms with Gasteiger partial charge in [0.2, 0.25) is 0 Å². The molecule has 1 aliphatic heterocycles. The summed E-state index contributed by atoms with van der Waals surface area (Å²) >= 11 is 1.45. The van der Waals surface area contributed by atoms with Crippen molar-refractivity contribution in [3.63, 3.8) is 0 Å². The zero-order valence-corrected chi connectivity index (χ0v) is 11.4. The number of hydrogen-bond acceptors (Lipinski definition) is 4. The van der Waals surface area contributed by atoms with E-state index in [0.717, 1.165) is 5.56 Å². The second-order valence-corrected chi connectivity index (χ2v) is 5.22. The topological polar surface area (TPSA) is 66.8 Å². The molecule has 19 heavy (non-hydrogen) atoms. The van der Waals surface area contributed by atoms with Crippen molar-refractivity contribution < 1.29 is 19.4 Å². The molecule has 1 fully saturated rings. The molecule has 1 aromatic rings. The largest absolute Gasteiger partial charge is 0.480 e. The van der Waals surface area contributed by atoms with Crippen LogP contribution in [0, 0.1) is 0 Å². The lowest BCUT2D eigenvalue weighted by molar-refractivity contribution is -0.140. The maximum absolute atomic E-state index is 12.5. The van der Waals surface area contributed by atoms with E-state index in [-0.39, 0.29) is 5.91 Å². The van der Waals surface area contributed by atoms with Gasteiger partial charge in [0, 0.05) is 18.4 Å². The molecule has 0 saturated carbocycles. The fourth-order valence-corrected chi connectivity index (χ4v) is 3.16. The minimum atomic E-state index is -0.956. The van der Waals surface area contributed by atoms with Crippen LogP contribution in [0.5, 0.6) is 0 Å². The summed E-state index contributed by atoms with van der Waals surface area (Å²) in [4.78, 5) is 25.0. The Hall–Kier alpha value is -1.53. The summed E-state index contributed by atoms with van der Waals surface area (Å²) in [7, 11) is 1.56. The summed E-state index contributed by atoms with van der Waals surface area (Å²) in [6.45, 7) is 0.334. The van der Waals surface area contributed by atoms with Gasteiger partial charge in [-0.1, -0.05) is 18.2 Å². The van der Waals surface area contributed by atoms with E-state index in [9.17, 15) is 9.59 Å². The summed E-state index contributed by atoms with van der Waals surface area (Å²) in [5.74, 6) is -0.349. The molecule has 1 amide bonds. The first kappa shape index (κ1) is 13.9. The molecule has 0 aliphatic carbocycles. The molecule has 0 spiro atoms. The van der Waals surface area contributed by atoms with Crippen LogP contribution in [0.15, 0.2) is 24.3 Å². The van der Waals surface area contributed by atoms with Crippen LogP contribution in [-0.2, 0) is 16.1 Å². The number of nitrogens with zero attached hydrogens (tertiary/aromatic N) is 1. The average molecular weight is 281 g/mol. The minimum Gasteiger partial charge on any atom is -0.480 e. The molecule has 1 atom stereocenters. The highest BCUT2D eigenvalue weighted by molar-refractivity contribution is 7.99. The summed E-state index contributed by atoms with van der Waals surface area (Å²) in [5, 5.41) is 9.12. The van der Waals surface area contributed by atoms with Crippen LogP contribution < -0.4 is 0 Å². The van der Waals surface area contributed by atoms with Gasteiger partial charge in [-0.3, -0.25) is 4.79 Å². The third-order valence-electron chi connectivity index (χ3n) is 2.98. The van der Waals surface area contributed by atoms with Gasteiger partial charge in [-0.15, -0.1) is 11.8 Å². The Morgan fingerprint density at radius 1 is 1.47 bits per heavy atom. The summed E-state index contributed by atoms with van der Waals surface area (Å²) < 4.78 is 5.06. The number of rotatable bonds is 4. The molecule has 2 rings (SSSR count). The second kappa shape index (κ2) is 6.08. The van der Waals surface area contributed by atoms with Crippen molar-refractivity contribution in [1.82, 2.24) is 4.90 Å². The zero-order chi connectivity index (χ0) is 13.8. The lowest BCUT2D eigenvalue weighted by atomic mass is 10.1. The first-order chi connectivity index (χ1) is 9.15. The van der Waals surface area contributed by atoms with E-state index in [0.29, 0.717) is 23.8 Å². The highest BCUT2D eigenvalue weighted by Crippen LogP contribution is 2.24. The third-order valence-corrected chi connectivity index (χ3v) is 3.99. The maximum Gasteiger partial charge on any atom is 0.327 e. The van der Waals surface area contributed by atoms with E-state index in [4.69, 9.17) is 9.84 Å². The molecule has 1 aliphatic rings. The van der Waals surface area contributed by atoms with Gasteiger partial charge in [-0.25, -0.2) is 4.79 Å². The Morgan fingerprint density at radius 2 is 2.21 bits per heavy atom. The highest BCUT2D eigenvalue weighted by Gasteiger charge is 2.35. The smallest absolute Gasteiger partial charge is 0.327 e. The van der Waals surface area contributed by atoms with Crippen LogP contribution in [0.1, 0.15) is 15.9 Å². The Morgan fingerprint density at radius 3 is 2.89 bits per heavy atom. The van der Waals surface area contributed by atoms with Crippen molar-refractivity contribution >= 4 is 23.6 Å². The monoisotopic (exact) mass is 281 g/mol. The Bertz CT molecular complexity index is 491. The van der Waals surface area contributed by atoms with Gasteiger partial charge in [0.25, 0.3) is 5.91 Å². The number of ether oxygens (including phenoxy) is 1. The first-order valence-corrected chi connectivity index (χ1v) is 6.99. The highest BCUT2D eigenvalue weighted by atomic mass is 32.2. The number of carboxylic acids is 1. The van der Waals surface area contributed by atoms with Gasteiger partial charge in [-0.2, -0.15) is 0 Å². The van der Waals surface area contributed by atoms with E-state index < -0.39 is 12.0 Å². The number of carboxylic acid groups (broad SMARTS) is 1. The van der Waals surface area contributed by atoms with Crippen LogP contribution in [0.25, 0.3) is 0 Å². The van der Waals surface area contributed by atoms with Crippen molar-refractivity contribution in [3.05, 3.63) is 35.4 Å². The molecule has 1 unspecified atom stereocenters. The molecular weight excluding hydrogens is 266 g/mol. The lowest BCUT2D eigenvalue weighted by Crippen LogP contribution is -2.42. The molecular formula is C13H15NO4S. The Balaban J connectivity index is 2.26. The molecule has 1 aromatic carbocycles. The fraction of sp³-hybridized carbons (Fsp3) is 0.385. The molecule has 1 N–H and O–H groups in total. The zero-order valence-electron chi connectivity index (χ0n) is 10.5. The molecule has 0 aromatic heterocycles.